The molecule has 0 saturated carbocycles. The molecule has 0 radical (unpaired) electrons. The van der Waals surface area contributed by atoms with Gasteiger partial charge >= 0.3 is 5.97 Å². The zero-order valence-corrected chi connectivity index (χ0v) is 23.2. The number of carbonyl (C=O) groups excluding carboxylic acids is 2. The topological polar surface area (TPSA) is 108 Å². The summed E-state index contributed by atoms with van der Waals surface area (Å²) in [6.07, 6.45) is 1.82. The Morgan fingerprint density at radius 2 is 1.95 bits per heavy atom. The van der Waals surface area contributed by atoms with Gasteiger partial charge in [0.2, 0.25) is 5.76 Å². The third kappa shape index (κ3) is 4.70. The molecule has 0 saturated heterocycles. The maximum atomic E-state index is 14.1. The van der Waals surface area contributed by atoms with Crippen LogP contribution in [0.15, 0.2) is 45.6 Å². The second-order valence-corrected chi connectivity index (χ2v) is 10.1. The lowest BCUT2D eigenvalue weighted by atomic mass is 9.98. The number of rotatable bonds is 9. The summed E-state index contributed by atoms with van der Waals surface area (Å²) in [5, 5.41) is 0.186. The molecule has 1 aliphatic rings. The van der Waals surface area contributed by atoms with E-state index >= 15 is 0 Å². The molecule has 0 fully saturated rings. The molecule has 0 N–H and O–H groups in total. The van der Waals surface area contributed by atoms with Crippen molar-refractivity contribution in [2.45, 2.75) is 39.7 Å². The highest BCUT2D eigenvalue weighted by molar-refractivity contribution is 7.17. The number of benzene rings is 2. The van der Waals surface area contributed by atoms with Gasteiger partial charge in [-0.25, -0.2) is 14.2 Å². The number of fused-ring (bicyclic) bond motifs is 2. The molecule has 5 rings (SSSR count). The minimum atomic E-state index is -0.995. The van der Waals surface area contributed by atoms with E-state index in [1.165, 1.54) is 18.1 Å². The summed E-state index contributed by atoms with van der Waals surface area (Å²) in [5.41, 5.74) is 0.470. The van der Waals surface area contributed by atoms with Gasteiger partial charge in [0.25, 0.3) is 5.91 Å². The van der Waals surface area contributed by atoms with Crippen LogP contribution < -0.4 is 19.8 Å². The number of methoxy groups -OCH3 is 1. The van der Waals surface area contributed by atoms with Crippen molar-refractivity contribution in [2.24, 2.45) is 0 Å². The predicted molar refractivity (Wildman–Crippen MR) is 147 cm³/mol. The molecule has 2 aromatic carbocycles. The van der Waals surface area contributed by atoms with E-state index in [9.17, 15) is 18.8 Å². The molecule has 1 amide bonds. The summed E-state index contributed by atoms with van der Waals surface area (Å²) in [4.78, 5) is 46.2. The molecule has 0 spiro atoms. The average Bonchev–Trinajstić information content (AvgIpc) is 3.46. The predicted octanol–water partition coefficient (Wildman–Crippen LogP) is 5.81. The third-order valence-corrected chi connectivity index (χ3v) is 7.68. The SMILES string of the molecule is CCCCOc1ccc(C2c3c(oc4ccc(F)cc4c3=O)C(=O)N2c2nc(C)c(C(=O)OCC)s2)cc1OC. The van der Waals surface area contributed by atoms with Crippen molar-refractivity contribution in [3.05, 3.63) is 79.9 Å². The fraction of sp³-hybridized carbons (Fsp3) is 0.310. The molecule has 2 aromatic heterocycles. The Balaban J connectivity index is 1.71. The molecular formula is C29H27FN2O7S. The average molecular weight is 567 g/mol. The van der Waals surface area contributed by atoms with E-state index in [2.05, 4.69) is 11.9 Å². The van der Waals surface area contributed by atoms with Gasteiger partial charge in [-0.3, -0.25) is 14.5 Å². The quantitative estimate of drug-likeness (QED) is 0.184. The number of aromatic nitrogens is 1. The van der Waals surface area contributed by atoms with Gasteiger partial charge in [-0.15, -0.1) is 0 Å². The van der Waals surface area contributed by atoms with E-state index in [4.69, 9.17) is 18.6 Å². The molecule has 1 aliphatic heterocycles. The van der Waals surface area contributed by atoms with Crippen LogP contribution >= 0.6 is 11.3 Å². The molecular weight excluding hydrogens is 539 g/mol. The van der Waals surface area contributed by atoms with Gasteiger partial charge in [0.15, 0.2) is 22.1 Å². The molecule has 11 heteroatoms. The normalized spacial score (nSPS) is 14.5. The second-order valence-electron chi connectivity index (χ2n) is 9.14. The number of thiazole rings is 1. The highest BCUT2D eigenvalue weighted by atomic mass is 32.1. The maximum Gasteiger partial charge on any atom is 0.350 e. The van der Waals surface area contributed by atoms with Crippen molar-refractivity contribution in [2.75, 3.05) is 25.2 Å². The van der Waals surface area contributed by atoms with Gasteiger partial charge in [0.05, 0.1) is 43.0 Å². The van der Waals surface area contributed by atoms with Crippen LogP contribution in [0.5, 0.6) is 11.5 Å². The number of carbonyl (C=O) groups is 2. The first-order valence-corrected chi connectivity index (χ1v) is 13.7. The Labute approximate surface area is 233 Å². The fourth-order valence-electron chi connectivity index (χ4n) is 4.63. The Morgan fingerprint density at radius 3 is 2.67 bits per heavy atom. The van der Waals surface area contributed by atoms with Crippen LogP contribution in [0, 0.1) is 12.7 Å². The summed E-state index contributed by atoms with van der Waals surface area (Å²) in [6, 6.07) is 7.69. The number of aryl methyl sites for hydroxylation is 1. The number of amides is 1. The van der Waals surface area contributed by atoms with Crippen molar-refractivity contribution < 1.29 is 32.6 Å². The van der Waals surface area contributed by atoms with E-state index < -0.39 is 29.2 Å². The first kappa shape index (κ1) is 27.3. The lowest BCUT2D eigenvalue weighted by Gasteiger charge is -2.23. The highest BCUT2D eigenvalue weighted by Crippen LogP contribution is 2.45. The van der Waals surface area contributed by atoms with E-state index in [1.54, 1.807) is 32.0 Å². The minimum absolute atomic E-state index is 0.00687. The van der Waals surface area contributed by atoms with Gasteiger partial charge in [-0.1, -0.05) is 30.7 Å². The Hall–Kier alpha value is -4.25. The van der Waals surface area contributed by atoms with Gasteiger partial charge in [0, 0.05) is 0 Å². The monoisotopic (exact) mass is 566 g/mol. The lowest BCUT2D eigenvalue weighted by molar-refractivity contribution is 0.0531. The van der Waals surface area contributed by atoms with Crippen molar-refractivity contribution in [1.82, 2.24) is 4.98 Å². The maximum absolute atomic E-state index is 14.1. The van der Waals surface area contributed by atoms with Gasteiger partial charge in [-0.2, -0.15) is 0 Å². The fourth-order valence-corrected chi connectivity index (χ4v) is 5.62. The van der Waals surface area contributed by atoms with Crippen LogP contribution in [-0.4, -0.2) is 37.2 Å². The van der Waals surface area contributed by atoms with Gasteiger partial charge in [-0.05, 0) is 56.2 Å². The number of hydrogen-bond donors (Lipinski definition) is 0. The van der Waals surface area contributed by atoms with Crippen molar-refractivity contribution >= 4 is 39.3 Å². The van der Waals surface area contributed by atoms with Crippen LogP contribution in [0.25, 0.3) is 11.0 Å². The first-order chi connectivity index (χ1) is 19.3. The number of nitrogens with zero attached hydrogens (tertiary/aromatic N) is 2. The smallest absolute Gasteiger partial charge is 0.350 e. The summed E-state index contributed by atoms with van der Waals surface area (Å²) in [6.45, 7) is 6.07. The Kier molecular flexibility index (Phi) is 7.57. The Bertz CT molecular complexity index is 1680. The van der Waals surface area contributed by atoms with E-state index in [-0.39, 0.29) is 38.9 Å². The van der Waals surface area contributed by atoms with Crippen LogP contribution in [0.3, 0.4) is 0 Å². The zero-order valence-electron chi connectivity index (χ0n) is 22.4. The number of halogens is 1. The van der Waals surface area contributed by atoms with E-state index in [0.29, 0.717) is 29.4 Å². The second kappa shape index (κ2) is 11.1. The summed E-state index contributed by atoms with van der Waals surface area (Å²) >= 11 is 0.977. The first-order valence-electron chi connectivity index (χ1n) is 12.8. The number of ether oxygens (including phenoxy) is 3. The molecule has 0 aliphatic carbocycles. The van der Waals surface area contributed by atoms with Crippen LogP contribution in [0.1, 0.15) is 69.8 Å². The molecule has 4 aromatic rings. The van der Waals surface area contributed by atoms with Crippen molar-refractivity contribution in [3.8, 4) is 11.5 Å². The van der Waals surface area contributed by atoms with Crippen molar-refractivity contribution in [3.63, 3.8) is 0 Å². The highest BCUT2D eigenvalue weighted by Gasteiger charge is 2.45. The number of esters is 1. The molecule has 40 heavy (non-hydrogen) atoms. The summed E-state index contributed by atoms with van der Waals surface area (Å²) in [7, 11) is 1.50. The lowest BCUT2D eigenvalue weighted by Crippen LogP contribution is -2.29. The van der Waals surface area contributed by atoms with E-state index in [0.717, 1.165) is 36.3 Å². The van der Waals surface area contributed by atoms with Crippen LogP contribution in [-0.2, 0) is 4.74 Å². The van der Waals surface area contributed by atoms with E-state index in [1.807, 2.05) is 0 Å². The van der Waals surface area contributed by atoms with Crippen LogP contribution in [0.4, 0.5) is 9.52 Å². The molecule has 9 nitrogen and oxygen atoms in total. The van der Waals surface area contributed by atoms with Crippen LogP contribution in [0.2, 0.25) is 0 Å². The molecule has 3 heterocycles. The standard InChI is InChI=1S/C29H27FN2O7S/c1-5-7-12-38-20-10-8-16(13-21(20)36-4)23-22-24(33)18-14-17(30)9-11-19(18)39-25(22)27(34)32(23)29-31-15(3)26(40-29)28(35)37-6-2/h8-11,13-14,23H,5-7,12H2,1-4H3. The summed E-state index contributed by atoms with van der Waals surface area (Å²) in [5.74, 6) is -1.04. The largest absolute Gasteiger partial charge is 0.493 e. The minimum Gasteiger partial charge on any atom is -0.493 e. The number of anilines is 1. The Morgan fingerprint density at radius 1 is 1.15 bits per heavy atom. The molecule has 1 unspecified atom stereocenters. The third-order valence-electron chi connectivity index (χ3n) is 6.54. The summed E-state index contributed by atoms with van der Waals surface area (Å²) < 4.78 is 36.6. The van der Waals surface area contributed by atoms with Gasteiger partial charge in [0.1, 0.15) is 16.3 Å². The molecule has 1 atom stereocenters. The molecule has 0 bridgehead atoms. The number of unbranched alkanes of at least 4 members (excludes halogenated alkanes) is 1. The zero-order chi connectivity index (χ0) is 28.6. The molecule has 208 valence electrons. The van der Waals surface area contributed by atoms with Crippen molar-refractivity contribution in [1.29, 1.82) is 0 Å². The number of hydrogen-bond acceptors (Lipinski definition) is 9. The van der Waals surface area contributed by atoms with Gasteiger partial charge < -0.3 is 18.6 Å².